The van der Waals surface area contributed by atoms with Crippen molar-refractivity contribution in [2.75, 3.05) is 19.4 Å². The third-order valence-electron chi connectivity index (χ3n) is 3.68. The van der Waals surface area contributed by atoms with E-state index in [1.807, 2.05) is 26.8 Å². The molecule has 1 amide bonds. The zero-order valence-corrected chi connectivity index (χ0v) is 17.6. The molecule has 0 fully saturated rings. The quantitative estimate of drug-likeness (QED) is 0.414. The van der Waals surface area contributed by atoms with Gasteiger partial charge in [0, 0.05) is 6.54 Å². The van der Waals surface area contributed by atoms with Gasteiger partial charge in [-0.1, -0.05) is 11.6 Å². The Morgan fingerprint density at radius 3 is 2.64 bits per heavy atom. The van der Waals surface area contributed by atoms with Gasteiger partial charge in [-0.25, -0.2) is 9.86 Å². The Morgan fingerprint density at radius 1 is 1.50 bits per heavy atom. The summed E-state index contributed by atoms with van der Waals surface area (Å²) in [5, 5.41) is 13.0. The fourth-order valence-electron chi connectivity index (χ4n) is 2.66. The Morgan fingerprint density at radius 2 is 2.18 bits per heavy atom. The van der Waals surface area contributed by atoms with Crippen LogP contribution in [0.25, 0.3) is 10.6 Å². The van der Waals surface area contributed by atoms with Crippen LogP contribution in [0.2, 0.25) is 5.02 Å². The minimum absolute atomic E-state index is 0.00297. The van der Waals surface area contributed by atoms with Crippen LogP contribution in [-0.4, -0.2) is 41.3 Å². The third kappa shape index (κ3) is 4.47. The number of nitrogens with two attached hydrogens (primary N) is 1. The minimum Gasteiger partial charge on any atom is -0.464 e. The highest BCUT2D eigenvalue weighted by atomic mass is 35.5. The largest absolute Gasteiger partial charge is 0.464 e. The van der Waals surface area contributed by atoms with Gasteiger partial charge in [-0.2, -0.15) is 5.26 Å². The molecule has 2 rings (SSSR count). The maximum absolute atomic E-state index is 12.4. The number of anilines is 1. The number of halogens is 1. The number of hydrogen-bond acceptors (Lipinski definition) is 7. The lowest BCUT2D eigenvalue weighted by Gasteiger charge is -2.27. The fourth-order valence-corrected chi connectivity index (χ4v) is 3.87. The van der Waals surface area contributed by atoms with E-state index in [2.05, 4.69) is 0 Å². The summed E-state index contributed by atoms with van der Waals surface area (Å²) in [6, 6.07) is 3.73. The summed E-state index contributed by atoms with van der Waals surface area (Å²) < 4.78 is 6.38. The summed E-state index contributed by atoms with van der Waals surface area (Å²) in [6.45, 7) is 5.67. The molecule has 0 atom stereocenters. The molecular formula is C18H21ClN4O4S. The molecule has 2 aromatic heterocycles. The second-order valence-electron chi connectivity index (χ2n) is 6.79. The summed E-state index contributed by atoms with van der Waals surface area (Å²) in [6.07, 6.45) is 0.554. The smallest absolute Gasteiger partial charge is 0.356 e. The molecular weight excluding hydrogens is 404 g/mol. The molecule has 2 N–H and O–H groups in total. The molecule has 0 unspecified atom stereocenters. The number of amides is 1. The summed E-state index contributed by atoms with van der Waals surface area (Å²) in [5.41, 5.74) is 6.07. The monoisotopic (exact) mass is 424 g/mol. The van der Waals surface area contributed by atoms with Crippen LogP contribution in [0.5, 0.6) is 0 Å². The van der Waals surface area contributed by atoms with Crippen molar-refractivity contribution in [1.29, 1.82) is 5.26 Å². The first kappa shape index (κ1) is 21.8. The molecule has 0 aliphatic heterocycles. The number of carbonyl (C=O) groups excluding carboxylic acids is 2. The van der Waals surface area contributed by atoms with E-state index in [4.69, 9.17) is 26.9 Å². The Hall–Kier alpha value is -2.54. The van der Waals surface area contributed by atoms with Gasteiger partial charge in [0.25, 0.3) is 0 Å². The zero-order chi connectivity index (χ0) is 21.1. The molecule has 2 aromatic rings. The predicted octanol–water partition coefficient (Wildman–Crippen LogP) is 3.30. The first-order valence-corrected chi connectivity index (χ1v) is 9.55. The lowest BCUT2D eigenvalue weighted by molar-refractivity contribution is -0.216. The molecule has 28 heavy (non-hydrogen) atoms. The van der Waals surface area contributed by atoms with Gasteiger partial charge in [0.1, 0.15) is 11.6 Å². The summed E-state index contributed by atoms with van der Waals surface area (Å²) in [4.78, 5) is 29.9. The molecule has 2 heterocycles. The van der Waals surface area contributed by atoms with Crippen molar-refractivity contribution in [3.63, 3.8) is 0 Å². The van der Waals surface area contributed by atoms with Crippen molar-refractivity contribution in [2.45, 2.75) is 32.9 Å². The molecule has 8 nitrogen and oxygen atoms in total. The number of nitrogens with zero attached hydrogens (tertiary/aromatic N) is 3. The highest BCUT2D eigenvalue weighted by molar-refractivity contribution is 7.14. The second-order valence-corrected chi connectivity index (χ2v) is 8.11. The van der Waals surface area contributed by atoms with Crippen LogP contribution in [0.15, 0.2) is 11.4 Å². The number of ether oxygens (including phenoxy) is 1. The lowest BCUT2D eigenvalue weighted by Crippen LogP contribution is -2.35. The van der Waals surface area contributed by atoms with E-state index >= 15 is 0 Å². The van der Waals surface area contributed by atoms with Gasteiger partial charge in [0.15, 0.2) is 5.69 Å². The van der Waals surface area contributed by atoms with E-state index in [0.717, 1.165) is 5.06 Å². The summed E-state index contributed by atoms with van der Waals surface area (Å²) in [5.74, 6) is -0.692. The van der Waals surface area contributed by atoms with Gasteiger partial charge < -0.3 is 15.0 Å². The van der Waals surface area contributed by atoms with Gasteiger partial charge in [0.2, 0.25) is 6.41 Å². The molecule has 0 spiro atoms. The Balaban J connectivity index is 2.57. The van der Waals surface area contributed by atoms with Crippen molar-refractivity contribution in [3.8, 4) is 16.6 Å². The van der Waals surface area contributed by atoms with Gasteiger partial charge in [0.05, 0.1) is 40.5 Å². The lowest BCUT2D eigenvalue weighted by atomic mass is 10.2. The van der Waals surface area contributed by atoms with Gasteiger partial charge in [-0.3, -0.25) is 9.63 Å². The van der Waals surface area contributed by atoms with E-state index in [-0.39, 0.29) is 30.0 Å². The highest BCUT2D eigenvalue weighted by Crippen LogP contribution is 2.40. The molecule has 0 saturated heterocycles. The van der Waals surface area contributed by atoms with Crippen LogP contribution in [0.4, 0.5) is 5.69 Å². The minimum atomic E-state index is -0.692. The van der Waals surface area contributed by atoms with Crippen LogP contribution >= 0.6 is 22.9 Å². The molecule has 0 aromatic carbocycles. The Bertz CT molecular complexity index is 923. The van der Waals surface area contributed by atoms with Crippen molar-refractivity contribution in [3.05, 3.63) is 27.7 Å². The molecule has 150 valence electrons. The topological polar surface area (TPSA) is 111 Å². The van der Waals surface area contributed by atoms with Gasteiger partial charge >= 0.3 is 5.97 Å². The van der Waals surface area contributed by atoms with Crippen LogP contribution in [0.1, 0.15) is 36.8 Å². The number of hydroxylamine groups is 2. The predicted molar refractivity (Wildman–Crippen MR) is 107 cm³/mol. The zero-order valence-electron chi connectivity index (χ0n) is 16.0. The maximum Gasteiger partial charge on any atom is 0.356 e. The average molecular weight is 425 g/mol. The van der Waals surface area contributed by atoms with Crippen LogP contribution in [-0.2, 0) is 20.9 Å². The Kier molecular flexibility index (Phi) is 6.72. The van der Waals surface area contributed by atoms with Crippen molar-refractivity contribution in [1.82, 2.24) is 9.63 Å². The van der Waals surface area contributed by atoms with E-state index in [9.17, 15) is 14.9 Å². The molecule has 10 heteroatoms. The summed E-state index contributed by atoms with van der Waals surface area (Å²) >= 11 is 7.58. The number of thiophene rings is 1. The van der Waals surface area contributed by atoms with Crippen LogP contribution < -0.4 is 5.73 Å². The number of nitriles is 1. The molecule has 0 aliphatic carbocycles. The molecule has 0 radical (unpaired) electrons. The van der Waals surface area contributed by atoms with Gasteiger partial charge in [-0.05, 0) is 32.2 Å². The van der Waals surface area contributed by atoms with E-state index < -0.39 is 11.6 Å². The molecule has 0 saturated carbocycles. The highest BCUT2D eigenvalue weighted by Gasteiger charge is 2.29. The molecule has 0 bridgehead atoms. The Labute approximate surface area is 171 Å². The molecule has 0 aliphatic rings. The number of carbonyl (C=O) groups is 2. The van der Waals surface area contributed by atoms with Crippen LogP contribution in [0, 0.1) is 11.3 Å². The van der Waals surface area contributed by atoms with Crippen molar-refractivity contribution < 1.29 is 19.2 Å². The first-order chi connectivity index (χ1) is 13.1. The third-order valence-corrected chi connectivity index (χ3v) is 5.02. The normalized spacial score (nSPS) is 11.1. The number of methoxy groups -OCH3 is 1. The van der Waals surface area contributed by atoms with Gasteiger partial charge in [-0.15, -0.1) is 11.3 Å². The van der Waals surface area contributed by atoms with E-state index in [1.54, 1.807) is 16.0 Å². The van der Waals surface area contributed by atoms with E-state index in [1.165, 1.54) is 18.4 Å². The average Bonchev–Trinajstić information content (AvgIpc) is 3.16. The summed E-state index contributed by atoms with van der Waals surface area (Å²) in [7, 11) is 1.23. The number of aromatic nitrogens is 1. The number of hydrogen-bond donors (Lipinski definition) is 1. The fraction of sp³-hybridized carbons (Fsp3) is 0.389. The number of nitrogen functional groups attached to an aromatic ring is 1. The van der Waals surface area contributed by atoms with Crippen molar-refractivity contribution >= 4 is 41.0 Å². The van der Waals surface area contributed by atoms with Crippen LogP contribution in [0.3, 0.4) is 0 Å². The number of rotatable bonds is 7. The first-order valence-electron chi connectivity index (χ1n) is 8.29. The second kappa shape index (κ2) is 8.65. The standard InChI is InChI=1S/C18H21ClN4O4S/c1-18(2,3)27-22(10-24)6-7-23-14(16-12(19)5-8-28-16)11(9-20)13(21)15(23)17(25)26-4/h5,8,10H,6-7,21H2,1-4H3. The van der Waals surface area contributed by atoms with Crippen molar-refractivity contribution in [2.24, 2.45) is 0 Å². The van der Waals surface area contributed by atoms with E-state index in [0.29, 0.717) is 22.0 Å². The maximum atomic E-state index is 12.4. The SMILES string of the molecule is COC(=O)c1c(N)c(C#N)c(-c2sccc2Cl)n1CCN(C=O)OC(C)(C)C. The number of esters is 1.